The number of rotatable bonds is 15. The van der Waals surface area contributed by atoms with Gasteiger partial charge in [0, 0.05) is 92.2 Å². The van der Waals surface area contributed by atoms with Crippen molar-refractivity contribution in [3.05, 3.63) is 115 Å². The molecule has 0 amide bonds. The fourth-order valence-electron chi connectivity index (χ4n) is 7.19. The summed E-state index contributed by atoms with van der Waals surface area (Å²) in [5.41, 5.74) is 12.3. The van der Waals surface area contributed by atoms with E-state index in [1.54, 1.807) is 63.2 Å². The topological polar surface area (TPSA) is 273 Å². The second kappa shape index (κ2) is 36.1. The van der Waals surface area contributed by atoms with E-state index < -0.39 is 10.1 Å². The molecular formula is C54H73Cl3N18O9S3. The van der Waals surface area contributed by atoms with Crippen LogP contribution in [0.2, 0.25) is 0 Å². The average molecular weight is 1320 g/mol. The molecule has 0 bridgehead atoms. The molecule has 0 atom stereocenters. The number of thiazole rings is 2. The molecule has 87 heavy (non-hydrogen) atoms. The van der Waals surface area contributed by atoms with Crippen LogP contribution >= 0.6 is 22.7 Å². The Balaban J connectivity index is 0.000000380. The molecule has 2 N–H and O–H groups in total. The molecule has 0 saturated carbocycles. The third kappa shape index (κ3) is 22.3. The van der Waals surface area contributed by atoms with Gasteiger partial charge in [-0.15, -0.1) is 0 Å². The van der Waals surface area contributed by atoms with E-state index >= 15 is 0 Å². The number of hydrogen-bond acceptors (Lipinski definition) is 23. The van der Waals surface area contributed by atoms with Gasteiger partial charge in [-0.25, -0.2) is 35.8 Å². The van der Waals surface area contributed by atoms with Gasteiger partial charge >= 0.3 is 22.2 Å². The van der Waals surface area contributed by atoms with Gasteiger partial charge in [-0.2, -0.15) is 0 Å². The van der Waals surface area contributed by atoms with Gasteiger partial charge in [0.15, 0.2) is 0 Å². The molecule has 472 valence electrons. The maximum atomic E-state index is 9.47. The number of nitrogen functional groups attached to an aromatic ring is 1. The van der Waals surface area contributed by atoms with Crippen molar-refractivity contribution >= 4 is 100 Å². The van der Waals surface area contributed by atoms with Gasteiger partial charge in [0.2, 0.25) is 0 Å². The largest absolute Gasteiger partial charge is 1.00 e. The number of fused-ring (bicyclic) bond motifs is 1. The molecule has 4 aromatic carbocycles. The number of likely N-dealkylation sites (N-methyl/N-ethyl adjacent to an activating group) is 1. The first-order valence-electron chi connectivity index (χ1n) is 25.3. The quantitative estimate of drug-likeness (QED) is 0.0440. The number of benzene rings is 4. The molecule has 0 spiro atoms. The Morgan fingerprint density at radius 3 is 1.46 bits per heavy atom. The van der Waals surface area contributed by atoms with Gasteiger partial charge in [0.05, 0.1) is 136 Å². The van der Waals surface area contributed by atoms with Gasteiger partial charge in [-0.1, -0.05) is 10.2 Å². The molecule has 1 aliphatic heterocycles. The summed E-state index contributed by atoms with van der Waals surface area (Å²) in [5, 5.41) is 48.6. The Hall–Kier alpha value is -8.10. The summed E-state index contributed by atoms with van der Waals surface area (Å²) in [6, 6.07) is 21.0. The average Bonchev–Trinajstić information content (AvgIpc) is 3.91. The van der Waals surface area contributed by atoms with Crippen molar-refractivity contribution in [2.45, 2.75) is 0 Å². The van der Waals surface area contributed by atoms with Crippen LogP contribution < -0.4 is 105 Å². The molecule has 5 heterocycles. The number of nitrogens with zero attached hydrogens (tertiary/aromatic N) is 17. The SMILES string of the molecule is CN(C)c1ccc(N=Nc2scc[n+]2C)cc1.CN1CCOc2cc(N=Nc3scc[n+]3C)ccc21.COc1cc(N(C)C)c(OC)cc1N=Nc1n(C)cc[n+]1C.COc1cc(N=Nc2n(C)cc[n+]2C)c(OC)cc1N.CS(=O)(=O)O[O-].[Cl-].[Cl-].[Cl-]. The summed E-state index contributed by atoms with van der Waals surface area (Å²) in [5.74, 6) is 4.77. The molecule has 27 nitrogen and oxygen atoms in total. The summed E-state index contributed by atoms with van der Waals surface area (Å²) in [6.45, 7) is 1.63. The highest BCUT2D eigenvalue weighted by Gasteiger charge is 2.19. The Labute approximate surface area is 533 Å². The first-order chi connectivity index (χ1) is 40.0. The Morgan fingerprint density at radius 2 is 1.05 bits per heavy atom. The number of aryl methyl sites for hydroxylation is 6. The van der Waals surface area contributed by atoms with Crippen LogP contribution in [-0.2, 0) is 56.7 Å². The molecule has 0 fully saturated rings. The minimum absolute atomic E-state index is 0. The van der Waals surface area contributed by atoms with Crippen molar-refractivity contribution in [3.63, 3.8) is 0 Å². The predicted octanol–water partition coefficient (Wildman–Crippen LogP) is -0.667. The predicted molar refractivity (Wildman–Crippen MR) is 321 cm³/mol. The van der Waals surface area contributed by atoms with Gasteiger partial charge < -0.3 is 90.9 Å². The van der Waals surface area contributed by atoms with E-state index in [1.165, 1.54) is 0 Å². The lowest BCUT2D eigenvalue weighted by molar-refractivity contribution is -0.657. The van der Waals surface area contributed by atoms with Crippen LogP contribution in [0.5, 0.6) is 28.7 Å². The lowest BCUT2D eigenvalue weighted by atomic mass is 10.2. The minimum atomic E-state index is -3.72. The summed E-state index contributed by atoms with van der Waals surface area (Å²) in [4.78, 5) is 6.19. The second-order valence-electron chi connectivity index (χ2n) is 18.5. The number of imidazole rings is 2. The van der Waals surface area contributed by atoms with Crippen LogP contribution in [0.25, 0.3) is 0 Å². The molecule has 1 aliphatic rings. The van der Waals surface area contributed by atoms with Crippen LogP contribution in [0.1, 0.15) is 0 Å². The minimum Gasteiger partial charge on any atom is -1.00 e. The zero-order chi connectivity index (χ0) is 61.7. The fourth-order valence-corrected chi connectivity index (χ4v) is 8.56. The first kappa shape index (κ1) is 75.0. The monoisotopic (exact) mass is 1320 g/mol. The molecule has 8 aromatic rings. The third-order valence-corrected chi connectivity index (χ3v) is 13.8. The first-order valence-corrected chi connectivity index (χ1v) is 28.8. The second-order valence-corrected chi connectivity index (χ2v) is 21.8. The van der Waals surface area contributed by atoms with Gasteiger partial charge in [0.25, 0.3) is 10.1 Å². The van der Waals surface area contributed by atoms with Crippen molar-refractivity contribution < 1.29 is 97.2 Å². The molecule has 9 rings (SSSR count). The van der Waals surface area contributed by atoms with E-state index in [9.17, 15) is 8.42 Å². The van der Waals surface area contributed by atoms with Crippen LogP contribution in [-0.4, -0.2) is 101 Å². The maximum absolute atomic E-state index is 9.47. The zero-order valence-corrected chi connectivity index (χ0v) is 55.8. The van der Waals surface area contributed by atoms with E-state index in [-0.39, 0.29) is 37.2 Å². The molecule has 0 saturated heterocycles. The number of aromatic nitrogens is 6. The van der Waals surface area contributed by atoms with E-state index in [4.69, 9.17) is 34.7 Å². The van der Waals surface area contributed by atoms with Crippen molar-refractivity contribution in [3.8, 4) is 28.7 Å². The third-order valence-electron chi connectivity index (χ3n) is 11.8. The lowest BCUT2D eigenvalue weighted by Gasteiger charge is -2.27. The van der Waals surface area contributed by atoms with Gasteiger partial charge in [-0.05, 0) is 69.3 Å². The highest BCUT2D eigenvalue weighted by molar-refractivity contribution is 7.85. The van der Waals surface area contributed by atoms with E-state index in [1.807, 2.05) is 205 Å². The highest BCUT2D eigenvalue weighted by atomic mass is 35.5. The Kier molecular flexibility index (Phi) is 31.2. The highest BCUT2D eigenvalue weighted by Crippen LogP contribution is 2.40. The number of halogens is 3. The molecule has 4 aromatic heterocycles. The van der Waals surface area contributed by atoms with Gasteiger partial charge in [0.1, 0.15) is 70.5 Å². The number of azo groups is 4. The maximum Gasteiger partial charge on any atom is 0.421 e. The van der Waals surface area contributed by atoms with Crippen molar-refractivity contribution in [2.24, 2.45) is 83.2 Å². The molecule has 0 unspecified atom stereocenters. The van der Waals surface area contributed by atoms with Crippen LogP contribution in [0.3, 0.4) is 0 Å². The number of ether oxygens (including phenoxy) is 5. The van der Waals surface area contributed by atoms with Gasteiger partial charge in [-0.3, -0.25) is 0 Å². The van der Waals surface area contributed by atoms with E-state index in [0.717, 1.165) is 62.7 Å². The smallest absolute Gasteiger partial charge is 0.421 e. The molecule has 0 aliphatic carbocycles. The fraction of sp³-hybridized carbons (Fsp3) is 0.333. The number of nitrogens with two attached hydrogens (primary N) is 1. The summed E-state index contributed by atoms with van der Waals surface area (Å²) in [6.07, 6.45) is 12.2. The van der Waals surface area contributed by atoms with Crippen molar-refractivity contribution in [2.75, 3.05) is 104 Å². The van der Waals surface area contributed by atoms with E-state index in [2.05, 4.69) is 62.1 Å². The summed E-state index contributed by atoms with van der Waals surface area (Å²) in [7, 11) is 24.2. The molecular weight excluding hydrogens is 1250 g/mol. The number of anilines is 4. The van der Waals surface area contributed by atoms with Crippen molar-refractivity contribution in [1.82, 2.24) is 9.13 Å². The number of methoxy groups -OCH3 is 4. The zero-order valence-electron chi connectivity index (χ0n) is 51.1. The normalized spacial score (nSPS) is 11.4. The van der Waals surface area contributed by atoms with Crippen LogP contribution in [0.15, 0.2) is 156 Å². The Bertz CT molecular complexity index is 3630. The number of hydrogen-bond donors (Lipinski definition) is 1. The van der Waals surface area contributed by atoms with E-state index in [0.29, 0.717) is 53.1 Å². The van der Waals surface area contributed by atoms with Crippen LogP contribution in [0.4, 0.5) is 67.7 Å². The molecule has 0 radical (unpaired) electrons. The van der Waals surface area contributed by atoms with Crippen molar-refractivity contribution in [1.29, 1.82) is 0 Å². The summed E-state index contributed by atoms with van der Waals surface area (Å²) < 4.78 is 59.9. The Morgan fingerprint density at radius 1 is 0.586 bits per heavy atom. The summed E-state index contributed by atoms with van der Waals surface area (Å²) >= 11 is 3.13. The van der Waals surface area contributed by atoms with Crippen LogP contribution in [0, 0.1) is 0 Å². The lowest BCUT2D eigenvalue weighted by Crippen LogP contribution is -3.00. The standard InChI is InChI=1S/C15H22N5O2.C13H17N5O2.C13H15N4OS.C12H15N4S.CH4O4S.3ClH/c1-18(2)12-10-13(21-5)11(9-14(12)22-6)16-17-15-19(3)7-8-20(15)4;1-17-5-6-18(2)13(17)16-15-10-8-11(19-3)9(14)7-12(10)20-4;1-16-5-7-18-12-9-10(3-4-11(12)16)14-15-13-17(2)6-8-19-13;1-15(2)11-6-4-10(5-7-11)13-14-12-16(3)8-9-17-12;1-6(3,4)5-2;;;/h7-10H,1-6H3;5-8,14H,1-4H3;3-4,6,8-9H,5,7H2,1-2H3;4-9H,1-3H3;2H,1H3;3*1H/q+1;;2*+1;;;;/p-3. The molecule has 33 heteroatoms.